The van der Waals surface area contributed by atoms with Crippen LogP contribution in [-0.4, -0.2) is 9.99 Å². The van der Waals surface area contributed by atoms with E-state index in [1.807, 2.05) is 12.1 Å². The number of hydrogen-bond acceptors (Lipinski definition) is 3. The number of hydrogen-bond donors (Lipinski definition) is 1. The maximum absolute atomic E-state index is 4.00. The zero-order chi connectivity index (χ0) is 11.5. The zero-order valence-electron chi connectivity index (χ0n) is 9.38. The number of benzene rings is 1. The molecule has 1 N–H and O–H groups in total. The van der Waals surface area contributed by atoms with Gasteiger partial charge in [0.15, 0.2) is 0 Å². The SMILES string of the molecule is C1=CN(Nc2ccncc2)Cc2ccccc21. The normalized spacial score (nSPS) is 13.3. The van der Waals surface area contributed by atoms with E-state index in [0.717, 1.165) is 12.2 Å². The fourth-order valence-corrected chi connectivity index (χ4v) is 1.92. The lowest BCUT2D eigenvalue weighted by Crippen LogP contribution is -2.26. The van der Waals surface area contributed by atoms with E-state index in [1.165, 1.54) is 11.1 Å². The average Bonchev–Trinajstić information content (AvgIpc) is 2.40. The molecule has 0 saturated heterocycles. The molecule has 3 heteroatoms. The molecule has 0 bridgehead atoms. The quantitative estimate of drug-likeness (QED) is 0.848. The first-order valence-electron chi connectivity index (χ1n) is 5.61. The van der Waals surface area contributed by atoms with E-state index in [0.29, 0.717) is 0 Å². The van der Waals surface area contributed by atoms with Crippen LogP contribution in [0.4, 0.5) is 5.69 Å². The molecular formula is C14H13N3. The molecule has 2 heterocycles. The number of hydrazine groups is 1. The molecule has 0 amide bonds. The van der Waals surface area contributed by atoms with Crippen molar-refractivity contribution in [2.45, 2.75) is 6.54 Å². The van der Waals surface area contributed by atoms with E-state index in [9.17, 15) is 0 Å². The highest BCUT2D eigenvalue weighted by Gasteiger charge is 2.09. The summed E-state index contributed by atoms with van der Waals surface area (Å²) in [5, 5.41) is 2.07. The first-order valence-corrected chi connectivity index (χ1v) is 5.61. The minimum absolute atomic E-state index is 0.870. The molecule has 0 unspecified atom stereocenters. The number of fused-ring (bicyclic) bond motifs is 1. The Morgan fingerprint density at radius 3 is 2.76 bits per heavy atom. The highest BCUT2D eigenvalue weighted by Crippen LogP contribution is 2.19. The lowest BCUT2D eigenvalue weighted by atomic mass is 10.1. The average molecular weight is 223 g/mol. The van der Waals surface area contributed by atoms with Crippen LogP contribution in [0.5, 0.6) is 0 Å². The van der Waals surface area contributed by atoms with Gasteiger partial charge in [-0.1, -0.05) is 24.3 Å². The van der Waals surface area contributed by atoms with E-state index in [1.54, 1.807) is 12.4 Å². The Balaban J connectivity index is 1.77. The molecule has 3 rings (SSSR count). The Kier molecular flexibility index (Phi) is 2.50. The number of pyridine rings is 1. The van der Waals surface area contributed by atoms with Gasteiger partial charge in [-0.05, 0) is 29.3 Å². The summed E-state index contributed by atoms with van der Waals surface area (Å²) in [7, 11) is 0. The van der Waals surface area contributed by atoms with Crippen molar-refractivity contribution < 1.29 is 0 Å². The van der Waals surface area contributed by atoms with Crippen LogP contribution in [0.15, 0.2) is 55.0 Å². The van der Waals surface area contributed by atoms with Crippen molar-refractivity contribution in [2.75, 3.05) is 5.43 Å². The van der Waals surface area contributed by atoms with Crippen molar-refractivity contribution in [2.24, 2.45) is 0 Å². The molecule has 0 spiro atoms. The monoisotopic (exact) mass is 223 g/mol. The molecule has 1 aromatic heterocycles. The van der Waals surface area contributed by atoms with Gasteiger partial charge < -0.3 is 0 Å². The van der Waals surface area contributed by atoms with Gasteiger partial charge in [0.05, 0.1) is 12.2 Å². The topological polar surface area (TPSA) is 28.2 Å². The van der Waals surface area contributed by atoms with Crippen LogP contribution < -0.4 is 5.43 Å². The molecule has 1 aromatic carbocycles. The second kappa shape index (κ2) is 4.29. The van der Waals surface area contributed by atoms with Gasteiger partial charge in [-0.25, -0.2) is 0 Å². The van der Waals surface area contributed by atoms with Crippen LogP contribution in [0.3, 0.4) is 0 Å². The van der Waals surface area contributed by atoms with Gasteiger partial charge in [-0.15, -0.1) is 0 Å². The fraction of sp³-hybridized carbons (Fsp3) is 0.0714. The summed E-state index contributed by atoms with van der Waals surface area (Å²) in [6, 6.07) is 12.3. The first kappa shape index (κ1) is 9.90. The fourth-order valence-electron chi connectivity index (χ4n) is 1.92. The second-order valence-electron chi connectivity index (χ2n) is 3.99. The molecule has 0 aliphatic carbocycles. The molecule has 2 aromatic rings. The lowest BCUT2D eigenvalue weighted by molar-refractivity contribution is 0.440. The zero-order valence-corrected chi connectivity index (χ0v) is 9.38. The molecule has 84 valence electrons. The molecule has 1 aliphatic heterocycles. The van der Waals surface area contributed by atoms with Gasteiger partial charge in [-0.2, -0.15) is 0 Å². The van der Waals surface area contributed by atoms with Crippen molar-refractivity contribution in [1.82, 2.24) is 9.99 Å². The minimum atomic E-state index is 0.870. The number of rotatable bonds is 2. The van der Waals surface area contributed by atoms with Gasteiger partial charge in [0.25, 0.3) is 0 Å². The molecule has 0 saturated carbocycles. The second-order valence-corrected chi connectivity index (χ2v) is 3.99. The van der Waals surface area contributed by atoms with E-state index in [2.05, 4.69) is 52.0 Å². The van der Waals surface area contributed by atoms with Crippen LogP contribution >= 0.6 is 0 Å². The number of anilines is 1. The summed E-state index contributed by atoms with van der Waals surface area (Å²) in [6.07, 6.45) is 7.74. The van der Waals surface area contributed by atoms with Gasteiger partial charge in [0, 0.05) is 18.6 Å². The van der Waals surface area contributed by atoms with Gasteiger partial charge in [0.1, 0.15) is 0 Å². The first-order chi connectivity index (χ1) is 8.42. The third kappa shape index (κ3) is 2.13. The third-order valence-electron chi connectivity index (χ3n) is 2.78. The van der Waals surface area contributed by atoms with E-state index < -0.39 is 0 Å². The van der Waals surface area contributed by atoms with Crippen LogP contribution in [0.2, 0.25) is 0 Å². The molecule has 0 radical (unpaired) electrons. The van der Waals surface area contributed by atoms with Gasteiger partial charge in [-0.3, -0.25) is 15.4 Å². The molecule has 3 nitrogen and oxygen atoms in total. The number of nitrogens with zero attached hydrogens (tertiary/aromatic N) is 2. The maximum atomic E-state index is 4.00. The van der Waals surface area contributed by atoms with E-state index in [4.69, 9.17) is 0 Å². The standard InChI is InChI=1S/C14H13N3/c1-2-4-13-11-17(10-7-12(13)3-1)16-14-5-8-15-9-6-14/h1-10H,11H2,(H,15,16). The largest absolute Gasteiger partial charge is 0.299 e. The Labute approximate surface area is 100 Å². The predicted octanol–water partition coefficient (Wildman–Crippen LogP) is 2.90. The van der Waals surface area contributed by atoms with Crippen LogP contribution in [0.1, 0.15) is 11.1 Å². The summed E-state index contributed by atoms with van der Waals surface area (Å²) in [5.41, 5.74) is 7.00. The van der Waals surface area contributed by atoms with Gasteiger partial charge in [0.2, 0.25) is 0 Å². The van der Waals surface area contributed by atoms with Crippen molar-refractivity contribution >= 4 is 11.8 Å². The highest BCUT2D eigenvalue weighted by molar-refractivity contribution is 5.56. The third-order valence-corrected chi connectivity index (χ3v) is 2.78. The van der Waals surface area contributed by atoms with Crippen molar-refractivity contribution in [1.29, 1.82) is 0 Å². The molecule has 1 aliphatic rings. The summed E-state index contributed by atoms with van der Waals surface area (Å²) < 4.78 is 0. The van der Waals surface area contributed by atoms with Crippen LogP contribution in [0, 0.1) is 0 Å². The summed E-state index contributed by atoms with van der Waals surface area (Å²) in [5.74, 6) is 0. The van der Waals surface area contributed by atoms with Gasteiger partial charge >= 0.3 is 0 Å². The summed E-state index contributed by atoms with van der Waals surface area (Å²) >= 11 is 0. The number of aromatic nitrogens is 1. The molecule has 17 heavy (non-hydrogen) atoms. The van der Waals surface area contributed by atoms with Crippen molar-refractivity contribution in [3.63, 3.8) is 0 Å². The maximum Gasteiger partial charge on any atom is 0.0643 e. The smallest absolute Gasteiger partial charge is 0.0643 e. The lowest BCUT2D eigenvalue weighted by Gasteiger charge is -2.26. The number of nitrogens with one attached hydrogen (secondary N) is 1. The van der Waals surface area contributed by atoms with Crippen LogP contribution in [-0.2, 0) is 6.54 Å². The Bertz CT molecular complexity index is 534. The highest BCUT2D eigenvalue weighted by atomic mass is 15.5. The Hall–Kier alpha value is -2.29. The molecule has 0 atom stereocenters. The van der Waals surface area contributed by atoms with E-state index in [-0.39, 0.29) is 0 Å². The Morgan fingerprint density at radius 2 is 1.88 bits per heavy atom. The Morgan fingerprint density at radius 1 is 1.06 bits per heavy atom. The van der Waals surface area contributed by atoms with Crippen molar-refractivity contribution in [3.8, 4) is 0 Å². The predicted molar refractivity (Wildman–Crippen MR) is 68.9 cm³/mol. The minimum Gasteiger partial charge on any atom is -0.299 e. The summed E-state index contributed by atoms with van der Waals surface area (Å²) in [4.78, 5) is 4.00. The van der Waals surface area contributed by atoms with Crippen LogP contribution in [0.25, 0.3) is 6.08 Å². The van der Waals surface area contributed by atoms with E-state index >= 15 is 0 Å². The molecular weight excluding hydrogens is 210 g/mol. The molecule has 0 fully saturated rings. The summed E-state index contributed by atoms with van der Waals surface area (Å²) in [6.45, 7) is 0.870. The van der Waals surface area contributed by atoms with Crippen molar-refractivity contribution in [3.05, 3.63) is 66.1 Å².